The lowest BCUT2D eigenvalue weighted by Gasteiger charge is -2.41. The Bertz CT molecular complexity index is 1060. The Morgan fingerprint density at radius 1 is 1.23 bits per heavy atom. The zero-order chi connectivity index (χ0) is 21.5. The van der Waals surface area contributed by atoms with E-state index in [9.17, 15) is 13.2 Å². The molecule has 0 saturated heterocycles. The van der Waals surface area contributed by atoms with Gasteiger partial charge in [0.15, 0.2) is 5.03 Å². The van der Waals surface area contributed by atoms with Crippen LogP contribution in [0.25, 0.3) is 0 Å². The summed E-state index contributed by atoms with van der Waals surface area (Å²) >= 11 is 12.2. The Balaban J connectivity index is 1.50. The summed E-state index contributed by atoms with van der Waals surface area (Å²) < 4.78 is 27.3. The Morgan fingerprint density at radius 2 is 1.93 bits per heavy atom. The van der Waals surface area contributed by atoms with Gasteiger partial charge in [0.1, 0.15) is 0 Å². The van der Waals surface area contributed by atoms with E-state index in [1.54, 1.807) is 25.2 Å². The lowest BCUT2D eigenvalue weighted by atomic mass is 9.77. The first-order valence-corrected chi connectivity index (χ1v) is 12.4. The quantitative estimate of drug-likeness (QED) is 0.692. The van der Waals surface area contributed by atoms with Crippen molar-refractivity contribution in [2.75, 3.05) is 0 Å². The second-order valence-corrected chi connectivity index (χ2v) is 11.5. The third-order valence-electron chi connectivity index (χ3n) is 6.13. The van der Waals surface area contributed by atoms with Crippen molar-refractivity contribution in [2.45, 2.75) is 60.8 Å². The molecule has 1 N–H and O–H groups in total. The SMILES string of the molecule is Cn1cc(S(=O)(=O)C2CCC(CC3CC3)(NC(=O)c3ccc(Cl)cc3Cl)CC2)nn1. The van der Waals surface area contributed by atoms with Crippen LogP contribution in [0, 0.1) is 5.92 Å². The molecule has 1 amide bonds. The zero-order valence-corrected chi connectivity index (χ0v) is 19.0. The van der Waals surface area contributed by atoms with E-state index in [-0.39, 0.29) is 10.9 Å². The molecule has 0 aliphatic heterocycles. The molecule has 4 rings (SSSR count). The van der Waals surface area contributed by atoms with Crippen LogP contribution in [0.5, 0.6) is 0 Å². The highest BCUT2D eigenvalue weighted by molar-refractivity contribution is 7.92. The van der Waals surface area contributed by atoms with Gasteiger partial charge in [-0.1, -0.05) is 41.3 Å². The van der Waals surface area contributed by atoms with Gasteiger partial charge in [0.25, 0.3) is 5.91 Å². The number of carbonyl (C=O) groups is 1. The minimum atomic E-state index is -3.54. The van der Waals surface area contributed by atoms with E-state index in [0.29, 0.717) is 47.2 Å². The molecule has 2 fully saturated rings. The third kappa shape index (κ3) is 4.50. The standard InChI is InChI=1S/C20H24Cl2N4O3S/c1-26-12-18(24-25-26)30(28,29)15-6-8-20(9-7-15,11-13-2-3-13)23-19(27)16-5-4-14(21)10-17(16)22/h4-5,10,12-13,15H,2-3,6-9,11H2,1H3,(H,23,27). The molecule has 0 unspecified atom stereocenters. The molecule has 2 aliphatic carbocycles. The number of nitrogens with one attached hydrogen (secondary N) is 1. The van der Waals surface area contributed by atoms with Crippen LogP contribution >= 0.6 is 23.2 Å². The number of halogens is 2. The van der Waals surface area contributed by atoms with E-state index < -0.39 is 20.6 Å². The molecular formula is C20H24Cl2N4O3S. The molecule has 1 aromatic heterocycles. The average Bonchev–Trinajstić information content (AvgIpc) is 3.37. The van der Waals surface area contributed by atoms with E-state index in [1.807, 2.05) is 0 Å². The number of hydrogen-bond acceptors (Lipinski definition) is 5. The molecule has 0 atom stereocenters. The number of sulfone groups is 1. The van der Waals surface area contributed by atoms with Crippen molar-refractivity contribution in [2.24, 2.45) is 13.0 Å². The number of benzene rings is 1. The largest absolute Gasteiger partial charge is 0.347 e. The minimum absolute atomic E-state index is 0.0154. The zero-order valence-electron chi connectivity index (χ0n) is 16.6. The number of amides is 1. The van der Waals surface area contributed by atoms with Gasteiger partial charge < -0.3 is 5.32 Å². The maximum atomic E-state index is 13.0. The number of aryl methyl sites for hydroxylation is 1. The summed E-state index contributed by atoms with van der Waals surface area (Å²) in [6, 6.07) is 4.81. The molecule has 0 bridgehead atoms. The molecule has 0 radical (unpaired) electrons. The first kappa shape index (κ1) is 21.6. The third-order valence-corrected chi connectivity index (χ3v) is 8.80. The van der Waals surface area contributed by atoms with Gasteiger partial charge in [0.05, 0.1) is 22.0 Å². The van der Waals surface area contributed by atoms with Gasteiger partial charge in [0.2, 0.25) is 9.84 Å². The molecule has 10 heteroatoms. The van der Waals surface area contributed by atoms with Crippen LogP contribution in [-0.2, 0) is 16.9 Å². The highest BCUT2D eigenvalue weighted by atomic mass is 35.5. The number of nitrogens with zero attached hydrogens (tertiary/aromatic N) is 3. The monoisotopic (exact) mass is 470 g/mol. The van der Waals surface area contributed by atoms with Crippen LogP contribution in [0.1, 0.15) is 55.3 Å². The average molecular weight is 471 g/mol. The summed E-state index contributed by atoms with van der Waals surface area (Å²) in [5.41, 5.74) is -0.0409. The summed E-state index contributed by atoms with van der Waals surface area (Å²) in [5, 5.41) is 11.0. The fourth-order valence-corrected chi connectivity index (χ4v) is 6.46. The number of rotatable bonds is 6. The molecule has 1 aromatic carbocycles. The second kappa shape index (κ2) is 8.13. The molecule has 2 aliphatic rings. The van der Waals surface area contributed by atoms with E-state index >= 15 is 0 Å². The summed E-state index contributed by atoms with van der Waals surface area (Å²) in [7, 11) is -1.90. The first-order valence-electron chi connectivity index (χ1n) is 10.1. The van der Waals surface area contributed by atoms with Crippen molar-refractivity contribution < 1.29 is 13.2 Å². The smallest absolute Gasteiger partial charge is 0.253 e. The molecule has 2 saturated carbocycles. The predicted molar refractivity (Wildman–Crippen MR) is 114 cm³/mol. The summed E-state index contributed by atoms with van der Waals surface area (Å²) in [5.74, 6) is 0.340. The van der Waals surface area contributed by atoms with Gasteiger partial charge in [-0.3, -0.25) is 9.48 Å². The van der Waals surface area contributed by atoms with E-state index in [0.717, 1.165) is 19.3 Å². The summed E-state index contributed by atoms with van der Waals surface area (Å²) in [6.07, 6.45) is 6.75. The van der Waals surface area contributed by atoms with Crippen LogP contribution in [0.3, 0.4) is 0 Å². The molecule has 30 heavy (non-hydrogen) atoms. The lowest BCUT2D eigenvalue weighted by Crippen LogP contribution is -2.52. The highest BCUT2D eigenvalue weighted by Gasteiger charge is 2.44. The molecule has 162 valence electrons. The molecule has 0 spiro atoms. The maximum absolute atomic E-state index is 13.0. The van der Waals surface area contributed by atoms with Crippen molar-refractivity contribution in [3.63, 3.8) is 0 Å². The van der Waals surface area contributed by atoms with Crippen LogP contribution in [0.4, 0.5) is 0 Å². The van der Waals surface area contributed by atoms with Crippen LogP contribution in [0.15, 0.2) is 29.4 Å². The summed E-state index contributed by atoms with van der Waals surface area (Å²) in [6.45, 7) is 0. The maximum Gasteiger partial charge on any atom is 0.253 e. The topological polar surface area (TPSA) is 94.0 Å². The van der Waals surface area contributed by atoms with Crippen molar-refractivity contribution in [1.82, 2.24) is 20.3 Å². The van der Waals surface area contributed by atoms with Crippen molar-refractivity contribution in [3.8, 4) is 0 Å². The highest BCUT2D eigenvalue weighted by Crippen LogP contribution is 2.44. The molecule has 2 aromatic rings. The predicted octanol–water partition coefficient (Wildman–Crippen LogP) is 3.81. The van der Waals surface area contributed by atoms with Gasteiger partial charge in [-0.05, 0) is 56.2 Å². The Labute approximate surface area is 186 Å². The summed E-state index contributed by atoms with van der Waals surface area (Å²) in [4.78, 5) is 13.0. The van der Waals surface area contributed by atoms with E-state index in [1.165, 1.54) is 10.9 Å². The Kier molecular flexibility index (Phi) is 5.85. The van der Waals surface area contributed by atoms with Gasteiger partial charge in [-0.2, -0.15) is 0 Å². The molecule has 1 heterocycles. The Hall–Kier alpha value is -1.64. The van der Waals surface area contributed by atoms with Gasteiger partial charge >= 0.3 is 0 Å². The minimum Gasteiger partial charge on any atom is -0.347 e. The normalized spacial score (nSPS) is 24.6. The van der Waals surface area contributed by atoms with Crippen LogP contribution in [-0.4, -0.2) is 40.1 Å². The van der Waals surface area contributed by atoms with Gasteiger partial charge in [0, 0.05) is 17.6 Å². The van der Waals surface area contributed by atoms with E-state index in [4.69, 9.17) is 23.2 Å². The Morgan fingerprint density at radius 3 is 2.50 bits per heavy atom. The lowest BCUT2D eigenvalue weighted by molar-refractivity contribution is 0.0855. The van der Waals surface area contributed by atoms with Gasteiger partial charge in [-0.15, -0.1) is 5.10 Å². The molecule has 7 nitrogen and oxygen atoms in total. The van der Waals surface area contributed by atoms with E-state index in [2.05, 4.69) is 15.6 Å². The fourth-order valence-electron chi connectivity index (χ4n) is 4.32. The fraction of sp³-hybridized carbons (Fsp3) is 0.550. The first-order chi connectivity index (χ1) is 14.2. The molecular weight excluding hydrogens is 447 g/mol. The number of aromatic nitrogens is 3. The van der Waals surface area contributed by atoms with Crippen LogP contribution < -0.4 is 5.32 Å². The van der Waals surface area contributed by atoms with Crippen molar-refractivity contribution in [1.29, 1.82) is 0 Å². The van der Waals surface area contributed by atoms with Crippen LogP contribution in [0.2, 0.25) is 10.0 Å². The number of hydrogen-bond donors (Lipinski definition) is 1. The van der Waals surface area contributed by atoms with Crippen molar-refractivity contribution in [3.05, 3.63) is 40.0 Å². The number of carbonyl (C=O) groups excluding carboxylic acids is 1. The van der Waals surface area contributed by atoms with Gasteiger partial charge in [-0.25, -0.2) is 8.42 Å². The van der Waals surface area contributed by atoms with Crippen molar-refractivity contribution >= 4 is 38.9 Å². The second-order valence-electron chi connectivity index (χ2n) is 8.48.